The Morgan fingerprint density at radius 1 is 1.00 bits per heavy atom. The van der Waals surface area contributed by atoms with Crippen LogP contribution in [-0.4, -0.2) is 0 Å². The van der Waals surface area contributed by atoms with Gasteiger partial charge in [-0.05, 0) is 42.7 Å². The summed E-state index contributed by atoms with van der Waals surface area (Å²) in [6.07, 6.45) is 9.06. The summed E-state index contributed by atoms with van der Waals surface area (Å²) < 4.78 is 0. The van der Waals surface area contributed by atoms with Crippen molar-refractivity contribution in [1.82, 2.24) is 0 Å². The fourth-order valence-corrected chi connectivity index (χ4v) is 3.15. The van der Waals surface area contributed by atoms with Crippen LogP contribution in [0.3, 0.4) is 0 Å². The van der Waals surface area contributed by atoms with Crippen molar-refractivity contribution < 1.29 is 0 Å². The third-order valence-corrected chi connectivity index (χ3v) is 4.26. The molecule has 0 bridgehead atoms. The van der Waals surface area contributed by atoms with Gasteiger partial charge in [0.15, 0.2) is 0 Å². The van der Waals surface area contributed by atoms with Crippen molar-refractivity contribution in [3.8, 4) is 0 Å². The molecule has 0 amide bonds. The highest BCUT2D eigenvalue weighted by Gasteiger charge is 2.35. The molecule has 1 nitrogen and oxygen atoms in total. The normalized spacial score (nSPS) is 24.3. The smallest absolute Gasteiger partial charge is 0.0412 e. The molecule has 2 aliphatic carbocycles. The predicted octanol–water partition coefficient (Wildman–Crippen LogP) is 3.68. The molecule has 3 rings (SSSR count). The predicted molar refractivity (Wildman–Crippen MR) is 67.4 cm³/mol. The van der Waals surface area contributed by atoms with Gasteiger partial charge in [-0.1, -0.05) is 43.5 Å². The van der Waals surface area contributed by atoms with E-state index < -0.39 is 0 Å². The topological polar surface area (TPSA) is 26.0 Å². The van der Waals surface area contributed by atoms with Crippen LogP contribution in [0.1, 0.15) is 62.0 Å². The van der Waals surface area contributed by atoms with Crippen LogP contribution in [0.4, 0.5) is 0 Å². The Morgan fingerprint density at radius 3 is 2.38 bits per heavy atom. The molecule has 0 aromatic heterocycles. The molecular weight excluding hydrogens is 194 g/mol. The Hall–Kier alpha value is -0.820. The number of benzene rings is 1. The molecule has 16 heavy (non-hydrogen) atoms. The van der Waals surface area contributed by atoms with Crippen LogP contribution in [0.2, 0.25) is 0 Å². The van der Waals surface area contributed by atoms with Crippen molar-refractivity contribution in [3.63, 3.8) is 0 Å². The van der Waals surface area contributed by atoms with Crippen molar-refractivity contribution in [2.45, 2.75) is 56.4 Å². The van der Waals surface area contributed by atoms with Crippen molar-refractivity contribution >= 4 is 0 Å². The number of nitrogens with two attached hydrogens (primary N) is 1. The third kappa shape index (κ3) is 1.78. The number of hydrogen-bond acceptors (Lipinski definition) is 1. The lowest BCUT2D eigenvalue weighted by molar-refractivity contribution is 0.300. The third-order valence-electron chi connectivity index (χ3n) is 4.26. The van der Waals surface area contributed by atoms with Gasteiger partial charge in [-0.3, -0.25) is 0 Å². The average molecular weight is 215 g/mol. The van der Waals surface area contributed by atoms with Gasteiger partial charge >= 0.3 is 0 Å². The van der Waals surface area contributed by atoms with Gasteiger partial charge in [-0.25, -0.2) is 0 Å². The lowest BCUT2D eigenvalue weighted by Gasteiger charge is -2.35. The molecule has 0 atom stereocenters. The van der Waals surface area contributed by atoms with Crippen molar-refractivity contribution in [1.29, 1.82) is 0 Å². The summed E-state index contributed by atoms with van der Waals surface area (Å²) in [6.45, 7) is 0. The molecule has 2 aliphatic rings. The highest BCUT2D eigenvalue weighted by Crippen LogP contribution is 2.46. The molecular formula is C15H21N. The van der Waals surface area contributed by atoms with Crippen LogP contribution in [0.25, 0.3) is 0 Å². The van der Waals surface area contributed by atoms with E-state index in [2.05, 4.69) is 24.3 Å². The van der Waals surface area contributed by atoms with E-state index in [0.29, 0.717) is 0 Å². The summed E-state index contributed by atoms with van der Waals surface area (Å²) in [7, 11) is 0. The number of hydrogen-bond donors (Lipinski definition) is 1. The fourth-order valence-electron chi connectivity index (χ4n) is 3.15. The van der Waals surface area contributed by atoms with Gasteiger partial charge in [0.05, 0.1) is 0 Å². The van der Waals surface area contributed by atoms with E-state index in [-0.39, 0.29) is 5.54 Å². The second kappa shape index (κ2) is 3.89. The Balaban J connectivity index is 1.97. The standard InChI is InChI=1S/C15H21N/c16-15(10-4-1-5-11-15)14-7-3-2-6-13(14)12-8-9-12/h2-3,6-7,12H,1,4-5,8-11,16H2. The minimum Gasteiger partial charge on any atom is -0.321 e. The number of rotatable bonds is 2. The summed E-state index contributed by atoms with van der Waals surface area (Å²) in [5, 5.41) is 0. The first-order valence-electron chi connectivity index (χ1n) is 6.68. The molecule has 1 aromatic carbocycles. The quantitative estimate of drug-likeness (QED) is 0.800. The summed E-state index contributed by atoms with van der Waals surface area (Å²) in [4.78, 5) is 0. The lowest BCUT2D eigenvalue weighted by atomic mass is 9.75. The highest BCUT2D eigenvalue weighted by atomic mass is 14.7. The Kier molecular flexibility index (Phi) is 2.51. The van der Waals surface area contributed by atoms with Gasteiger partial charge in [0.2, 0.25) is 0 Å². The van der Waals surface area contributed by atoms with Crippen LogP contribution in [-0.2, 0) is 5.54 Å². The summed E-state index contributed by atoms with van der Waals surface area (Å²) in [5.74, 6) is 0.818. The Morgan fingerprint density at radius 2 is 1.69 bits per heavy atom. The molecule has 0 unspecified atom stereocenters. The summed E-state index contributed by atoms with van der Waals surface area (Å²) in [6, 6.07) is 8.91. The zero-order valence-electron chi connectivity index (χ0n) is 9.91. The second-order valence-electron chi connectivity index (χ2n) is 5.58. The summed E-state index contributed by atoms with van der Waals surface area (Å²) >= 11 is 0. The van der Waals surface area contributed by atoms with Gasteiger partial charge in [0, 0.05) is 5.54 Å². The fraction of sp³-hybridized carbons (Fsp3) is 0.600. The Labute approximate surface area is 98.0 Å². The van der Waals surface area contributed by atoms with E-state index in [1.165, 1.54) is 50.5 Å². The molecule has 2 N–H and O–H groups in total. The van der Waals surface area contributed by atoms with Crippen LogP contribution in [0.15, 0.2) is 24.3 Å². The second-order valence-corrected chi connectivity index (χ2v) is 5.58. The van der Waals surface area contributed by atoms with Gasteiger partial charge in [-0.15, -0.1) is 0 Å². The molecule has 1 heteroatoms. The van der Waals surface area contributed by atoms with E-state index >= 15 is 0 Å². The van der Waals surface area contributed by atoms with Gasteiger partial charge in [0.1, 0.15) is 0 Å². The molecule has 2 fully saturated rings. The van der Waals surface area contributed by atoms with E-state index in [9.17, 15) is 0 Å². The van der Waals surface area contributed by atoms with E-state index in [4.69, 9.17) is 5.73 Å². The van der Waals surface area contributed by atoms with Crippen molar-refractivity contribution in [3.05, 3.63) is 35.4 Å². The van der Waals surface area contributed by atoms with Crippen LogP contribution in [0, 0.1) is 0 Å². The van der Waals surface area contributed by atoms with Gasteiger partial charge in [0.25, 0.3) is 0 Å². The minimum atomic E-state index is -0.0164. The van der Waals surface area contributed by atoms with E-state index in [0.717, 1.165) is 5.92 Å². The molecule has 1 aromatic rings. The van der Waals surface area contributed by atoms with Crippen molar-refractivity contribution in [2.75, 3.05) is 0 Å². The largest absolute Gasteiger partial charge is 0.321 e. The first-order chi connectivity index (χ1) is 7.80. The monoisotopic (exact) mass is 215 g/mol. The molecule has 0 aliphatic heterocycles. The molecule has 0 radical (unpaired) electrons. The first-order valence-corrected chi connectivity index (χ1v) is 6.68. The highest BCUT2D eigenvalue weighted by molar-refractivity contribution is 5.38. The van der Waals surface area contributed by atoms with Crippen LogP contribution >= 0.6 is 0 Å². The molecule has 0 spiro atoms. The van der Waals surface area contributed by atoms with E-state index in [1.807, 2.05) is 0 Å². The molecule has 0 saturated heterocycles. The average Bonchev–Trinajstić information content (AvgIpc) is 3.14. The van der Waals surface area contributed by atoms with Gasteiger partial charge < -0.3 is 5.73 Å². The molecule has 86 valence electrons. The molecule has 0 heterocycles. The van der Waals surface area contributed by atoms with Crippen LogP contribution in [0.5, 0.6) is 0 Å². The maximum absolute atomic E-state index is 6.65. The van der Waals surface area contributed by atoms with Crippen molar-refractivity contribution in [2.24, 2.45) is 5.73 Å². The zero-order valence-corrected chi connectivity index (χ0v) is 9.91. The zero-order chi connectivity index (χ0) is 11.0. The first kappa shape index (κ1) is 10.3. The maximum Gasteiger partial charge on any atom is 0.0412 e. The molecule has 2 saturated carbocycles. The minimum absolute atomic E-state index is 0.0164. The summed E-state index contributed by atoms with van der Waals surface area (Å²) in [5.41, 5.74) is 9.63. The SMILES string of the molecule is NC1(c2ccccc2C2CC2)CCCCC1. The van der Waals surface area contributed by atoms with E-state index in [1.54, 1.807) is 5.56 Å². The lowest BCUT2D eigenvalue weighted by Crippen LogP contribution is -2.39. The van der Waals surface area contributed by atoms with Gasteiger partial charge in [-0.2, -0.15) is 0 Å². The maximum atomic E-state index is 6.65. The Bertz CT molecular complexity index is 373. The van der Waals surface area contributed by atoms with Crippen LogP contribution < -0.4 is 5.73 Å².